The van der Waals surface area contributed by atoms with Crippen LogP contribution in [0.5, 0.6) is 0 Å². The van der Waals surface area contributed by atoms with Crippen LogP contribution >= 0.6 is 0 Å². The van der Waals surface area contributed by atoms with Crippen LogP contribution in [0, 0.1) is 0 Å². The molecule has 0 heterocycles. The third-order valence-corrected chi connectivity index (χ3v) is 2.03. The maximum Gasteiger partial charge on any atom is 0.306 e. The lowest BCUT2D eigenvalue weighted by Crippen LogP contribution is -2.24. The molecule has 1 atom stereocenters. The van der Waals surface area contributed by atoms with Gasteiger partial charge in [0.05, 0.1) is 18.1 Å². The Morgan fingerprint density at radius 2 is 1.88 bits per heavy atom. The molecule has 3 heteroatoms. The maximum atomic E-state index is 10.8. The number of benzene rings is 1. The highest BCUT2D eigenvalue weighted by atomic mass is 16.5. The molecule has 0 radical (unpaired) electrons. The topological polar surface area (TPSA) is 46.5 Å². The summed E-state index contributed by atoms with van der Waals surface area (Å²) >= 11 is 0. The van der Waals surface area contributed by atoms with E-state index in [0.29, 0.717) is 0 Å². The Labute approximate surface area is 96.1 Å². The van der Waals surface area contributed by atoms with Crippen molar-refractivity contribution in [2.24, 2.45) is 0 Å². The Balaban J connectivity index is 2.84. The Bertz CT molecular complexity index is 338. The summed E-state index contributed by atoms with van der Waals surface area (Å²) in [5, 5.41) is 8.86. The molecular weight excluding hydrogens is 204 g/mol. The van der Waals surface area contributed by atoms with Gasteiger partial charge in [0.2, 0.25) is 0 Å². The fourth-order valence-electron chi connectivity index (χ4n) is 1.48. The van der Waals surface area contributed by atoms with Crippen LogP contribution in [0.25, 0.3) is 0 Å². The molecular formula is C13H18O3. The van der Waals surface area contributed by atoms with Gasteiger partial charge in [0.1, 0.15) is 0 Å². The Morgan fingerprint density at radius 3 is 2.31 bits per heavy atom. The number of carboxylic acids is 1. The highest BCUT2D eigenvalue weighted by molar-refractivity contribution is 5.67. The highest BCUT2D eigenvalue weighted by Crippen LogP contribution is 2.26. The van der Waals surface area contributed by atoms with E-state index in [4.69, 9.17) is 9.84 Å². The number of carbonyl (C=O) groups is 1. The molecule has 0 amide bonds. The zero-order valence-electron chi connectivity index (χ0n) is 9.93. The Kier molecular flexibility index (Phi) is 4.07. The van der Waals surface area contributed by atoms with Crippen molar-refractivity contribution in [2.45, 2.75) is 38.9 Å². The second kappa shape index (κ2) is 5.12. The molecule has 1 N–H and O–H groups in total. The van der Waals surface area contributed by atoms with Gasteiger partial charge in [-0.25, -0.2) is 0 Å². The smallest absolute Gasteiger partial charge is 0.306 e. The van der Waals surface area contributed by atoms with Gasteiger partial charge in [-0.05, 0) is 26.3 Å². The van der Waals surface area contributed by atoms with E-state index in [1.54, 1.807) is 0 Å². The van der Waals surface area contributed by atoms with Gasteiger partial charge in [-0.15, -0.1) is 0 Å². The van der Waals surface area contributed by atoms with Crippen LogP contribution in [-0.2, 0) is 9.53 Å². The van der Waals surface area contributed by atoms with E-state index in [1.165, 1.54) is 0 Å². The minimum atomic E-state index is -0.849. The predicted molar refractivity (Wildman–Crippen MR) is 62.3 cm³/mol. The van der Waals surface area contributed by atoms with E-state index in [2.05, 4.69) is 0 Å². The second-order valence-electron chi connectivity index (χ2n) is 4.73. The van der Waals surface area contributed by atoms with Crippen molar-refractivity contribution in [1.82, 2.24) is 0 Å². The third kappa shape index (κ3) is 4.45. The largest absolute Gasteiger partial charge is 0.481 e. The molecule has 3 nitrogen and oxygen atoms in total. The SMILES string of the molecule is CC(C)(C)OC(CC(=O)O)c1ccccc1. The van der Waals surface area contributed by atoms with Crippen molar-refractivity contribution >= 4 is 5.97 Å². The second-order valence-corrected chi connectivity index (χ2v) is 4.73. The summed E-state index contributed by atoms with van der Waals surface area (Å²) in [6, 6.07) is 9.45. The molecule has 0 spiro atoms. The molecule has 0 aliphatic rings. The van der Waals surface area contributed by atoms with E-state index in [9.17, 15) is 4.79 Å². The minimum Gasteiger partial charge on any atom is -0.481 e. The van der Waals surface area contributed by atoms with Crippen LogP contribution in [0.2, 0.25) is 0 Å². The van der Waals surface area contributed by atoms with Crippen molar-refractivity contribution < 1.29 is 14.6 Å². The number of aliphatic carboxylic acids is 1. The standard InChI is InChI=1S/C13H18O3/c1-13(2,3)16-11(9-12(14)15)10-7-5-4-6-8-10/h4-8,11H,9H2,1-3H3,(H,14,15). The van der Waals surface area contributed by atoms with E-state index in [-0.39, 0.29) is 12.0 Å². The summed E-state index contributed by atoms with van der Waals surface area (Å²) in [6.45, 7) is 5.76. The van der Waals surface area contributed by atoms with Crippen LogP contribution < -0.4 is 0 Å². The lowest BCUT2D eigenvalue weighted by atomic mass is 10.0. The molecule has 88 valence electrons. The van der Waals surface area contributed by atoms with Crippen LogP contribution in [0.15, 0.2) is 30.3 Å². The first kappa shape index (κ1) is 12.7. The summed E-state index contributed by atoms with van der Waals surface area (Å²) in [5.74, 6) is -0.849. The van der Waals surface area contributed by atoms with Crippen molar-refractivity contribution in [3.05, 3.63) is 35.9 Å². The van der Waals surface area contributed by atoms with Crippen molar-refractivity contribution in [3.8, 4) is 0 Å². The van der Waals surface area contributed by atoms with Gasteiger partial charge in [-0.2, -0.15) is 0 Å². The molecule has 1 aromatic rings. The van der Waals surface area contributed by atoms with E-state index in [1.807, 2.05) is 51.1 Å². The third-order valence-electron chi connectivity index (χ3n) is 2.03. The Hall–Kier alpha value is -1.35. The van der Waals surface area contributed by atoms with E-state index < -0.39 is 12.1 Å². The lowest BCUT2D eigenvalue weighted by molar-refractivity contribution is -0.143. The molecule has 16 heavy (non-hydrogen) atoms. The molecule has 1 rings (SSSR count). The van der Waals surface area contributed by atoms with Crippen molar-refractivity contribution in [3.63, 3.8) is 0 Å². The van der Waals surface area contributed by atoms with E-state index in [0.717, 1.165) is 5.56 Å². The van der Waals surface area contributed by atoms with Crippen molar-refractivity contribution in [1.29, 1.82) is 0 Å². The maximum absolute atomic E-state index is 10.8. The summed E-state index contributed by atoms with van der Waals surface area (Å²) in [4.78, 5) is 10.8. The van der Waals surface area contributed by atoms with Crippen molar-refractivity contribution in [2.75, 3.05) is 0 Å². The first-order chi connectivity index (χ1) is 7.38. The van der Waals surface area contributed by atoms with Crippen LogP contribution in [0.4, 0.5) is 0 Å². The predicted octanol–water partition coefficient (Wildman–Crippen LogP) is 3.02. The molecule has 0 aromatic heterocycles. The number of rotatable bonds is 4. The molecule has 0 aliphatic carbocycles. The number of ether oxygens (including phenoxy) is 1. The van der Waals surface area contributed by atoms with Gasteiger partial charge >= 0.3 is 5.97 Å². The molecule has 1 aromatic carbocycles. The fraction of sp³-hybridized carbons (Fsp3) is 0.462. The van der Waals surface area contributed by atoms with Gasteiger partial charge < -0.3 is 9.84 Å². The van der Waals surface area contributed by atoms with Gasteiger partial charge in [0.15, 0.2) is 0 Å². The number of carboxylic acid groups (broad SMARTS) is 1. The zero-order chi connectivity index (χ0) is 12.2. The molecule has 0 aliphatic heterocycles. The minimum absolute atomic E-state index is 0.0126. The molecule has 0 fully saturated rings. The van der Waals surface area contributed by atoms with Gasteiger partial charge in [-0.1, -0.05) is 30.3 Å². The number of hydrogen-bond donors (Lipinski definition) is 1. The first-order valence-corrected chi connectivity index (χ1v) is 5.33. The van der Waals surface area contributed by atoms with Gasteiger partial charge in [-0.3, -0.25) is 4.79 Å². The van der Waals surface area contributed by atoms with Crippen LogP contribution in [-0.4, -0.2) is 16.7 Å². The molecule has 0 bridgehead atoms. The first-order valence-electron chi connectivity index (χ1n) is 5.33. The monoisotopic (exact) mass is 222 g/mol. The lowest BCUT2D eigenvalue weighted by Gasteiger charge is -2.27. The van der Waals surface area contributed by atoms with Gasteiger partial charge in [0, 0.05) is 0 Å². The van der Waals surface area contributed by atoms with Crippen LogP contribution in [0.1, 0.15) is 38.9 Å². The summed E-state index contributed by atoms with van der Waals surface area (Å²) in [6.07, 6.45) is -0.403. The van der Waals surface area contributed by atoms with E-state index >= 15 is 0 Å². The summed E-state index contributed by atoms with van der Waals surface area (Å²) in [7, 11) is 0. The van der Waals surface area contributed by atoms with Gasteiger partial charge in [0.25, 0.3) is 0 Å². The average molecular weight is 222 g/mol. The quantitative estimate of drug-likeness (QED) is 0.851. The molecule has 1 unspecified atom stereocenters. The highest BCUT2D eigenvalue weighted by Gasteiger charge is 2.22. The average Bonchev–Trinajstić information content (AvgIpc) is 2.15. The number of hydrogen-bond acceptors (Lipinski definition) is 2. The normalized spacial score (nSPS) is 13.4. The Morgan fingerprint density at radius 1 is 1.31 bits per heavy atom. The summed E-state index contributed by atoms with van der Waals surface area (Å²) in [5.41, 5.74) is 0.551. The zero-order valence-corrected chi connectivity index (χ0v) is 9.93. The van der Waals surface area contributed by atoms with Crippen LogP contribution in [0.3, 0.4) is 0 Å². The molecule has 0 saturated carbocycles. The molecule has 0 saturated heterocycles. The fourth-order valence-corrected chi connectivity index (χ4v) is 1.48. The summed E-state index contributed by atoms with van der Waals surface area (Å²) < 4.78 is 5.75.